The third-order valence-corrected chi connectivity index (χ3v) is 3.58. The fraction of sp³-hybridized carbons (Fsp3) is 0.357. The van der Waals surface area contributed by atoms with Crippen molar-refractivity contribution in [1.82, 2.24) is 15.5 Å². The third kappa shape index (κ3) is 2.64. The fourth-order valence-electron chi connectivity index (χ4n) is 2.62. The van der Waals surface area contributed by atoms with E-state index in [9.17, 15) is 4.79 Å². The number of amides is 1. The average Bonchev–Trinajstić information content (AvgIpc) is 3.07. The van der Waals surface area contributed by atoms with E-state index < -0.39 is 6.09 Å². The number of nitrogens with one attached hydrogen (secondary N) is 1. The van der Waals surface area contributed by atoms with Gasteiger partial charge in [-0.05, 0) is 19.3 Å². The molecule has 1 amide bonds. The molecular formula is C14H15N3O3. The SMILES string of the molecule is O=C(O)N[C@H]1CC[C@H](c2nc(-c3ccccc3)no2)C1. The highest BCUT2D eigenvalue weighted by atomic mass is 16.5. The summed E-state index contributed by atoms with van der Waals surface area (Å²) in [4.78, 5) is 15.0. The lowest BCUT2D eigenvalue weighted by Crippen LogP contribution is -2.31. The van der Waals surface area contributed by atoms with Crippen LogP contribution in [0.2, 0.25) is 0 Å². The predicted octanol–water partition coefficient (Wildman–Crippen LogP) is 2.64. The van der Waals surface area contributed by atoms with Crippen LogP contribution in [-0.4, -0.2) is 27.4 Å². The minimum atomic E-state index is -0.980. The van der Waals surface area contributed by atoms with Crippen LogP contribution < -0.4 is 5.32 Å². The molecule has 1 aliphatic carbocycles. The second-order valence-corrected chi connectivity index (χ2v) is 4.98. The van der Waals surface area contributed by atoms with Crippen LogP contribution in [0.1, 0.15) is 31.1 Å². The Labute approximate surface area is 115 Å². The molecule has 104 valence electrons. The second kappa shape index (κ2) is 5.32. The van der Waals surface area contributed by atoms with Crippen molar-refractivity contribution in [2.45, 2.75) is 31.2 Å². The molecule has 20 heavy (non-hydrogen) atoms. The summed E-state index contributed by atoms with van der Waals surface area (Å²) >= 11 is 0. The number of hydrogen-bond acceptors (Lipinski definition) is 4. The first kappa shape index (κ1) is 12.7. The third-order valence-electron chi connectivity index (χ3n) is 3.58. The molecule has 6 heteroatoms. The Balaban J connectivity index is 1.70. The maximum atomic E-state index is 10.6. The van der Waals surface area contributed by atoms with Crippen LogP contribution in [0, 0.1) is 0 Å². The summed E-state index contributed by atoms with van der Waals surface area (Å²) in [6, 6.07) is 9.62. The first-order valence-corrected chi connectivity index (χ1v) is 6.61. The van der Waals surface area contributed by atoms with Crippen molar-refractivity contribution in [3.8, 4) is 11.4 Å². The van der Waals surface area contributed by atoms with Gasteiger partial charge >= 0.3 is 6.09 Å². The number of hydrogen-bond donors (Lipinski definition) is 2. The molecule has 1 aromatic carbocycles. The van der Waals surface area contributed by atoms with E-state index in [0.717, 1.165) is 18.4 Å². The molecule has 0 saturated heterocycles. The van der Waals surface area contributed by atoms with Gasteiger partial charge in [-0.25, -0.2) is 4.79 Å². The molecule has 1 saturated carbocycles. The van der Waals surface area contributed by atoms with Gasteiger partial charge in [0.2, 0.25) is 11.7 Å². The van der Waals surface area contributed by atoms with E-state index in [-0.39, 0.29) is 12.0 Å². The topological polar surface area (TPSA) is 88.2 Å². The van der Waals surface area contributed by atoms with E-state index in [4.69, 9.17) is 9.63 Å². The lowest BCUT2D eigenvalue weighted by molar-refractivity contribution is 0.190. The molecule has 0 aliphatic heterocycles. The minimum Gasteiger partial charge on any atom is -0.465 e. The summed E-state index contributed by atoms with van der Waals surface area (Å²) in [6.45, 7) is 0. The Morgan fingerprint density at radius 2 is 2.10 bits per heavy atom. The Hall–Kier alpha value is -2.37. The molecule has 0 spiro atoms. The quantitative estimate of drug-likeness (QED) is 0.897. The Morgan fingerprint density at radius 1 is 1.30 bits per heavy atom. The van der Waals surface area contributed by atoms with Crippen LogP contribution in [0.5, 0.6) is 0 Å². The standard InChI is InChI=1S/C14H15N3O3/c18-14(19)15-11-7-6-10(8-11)13-16-12(17-20-13)9-4-2-1-3-5-9/h1-5,10-11,15H,6-8H2,(H,18,19)/t10-,11-/m0/s1. The summed E-state index contributed by atoms with van der Waals surface area (Å²) in [6.07, 6.45) is 1.40. The molecule has 1 aromatic heterocycles. The van der Waals surface area contributed by atoms with Crippen LogP contribution in [0.3, 0.4) is 0 Å². The minimum absolute atomic E-state index is 0.0235. The first-order chi connectivity index (χ1) is 9.72. The summed E-state index contributed by atoms with van der Waals surface area (Å²) in [7, 11) is 0. The van der Waals surface area contributed by atoms with E-state index in [2.05, 4.69) is 15.5 Å². The largest absolute Gasteiger partial charge is 0.465 e. The van der Waals surface area contributed by atoms with Gasteiger partial charge in [0.25, 0.3) is 0 Å². The zero-order valence-corrected chi connectivity index (χ0v) is 10.8. The van der Waals surface area contributed by atoms with Gasteiger partial charge in [-0.2, -0.15) is 4.98 Å². The summed E-state index contributed by atoms with van der Waals surface area (Å²) in [5, 5.41) is 15.2. The van der Waals surface area contributed by atoms with E-state index >= 15 is 0 Å². The molecule has 1 aliphatic rings. The molecular weight excluding hydrogens is 258 g/mol. The van der Waals surface area contributed by atoms with Gasteiger partial charge in [0.15, 0.2) is 0 Å². The molecule has 6 nitrogen and oxygen atoms in total. The van der Waals surface area contributed by atoms with Gasteiger partial charge < -0.3 is 14.9 Å². The van der Waals surface area contributed by atoms with E-state index in [1.54, 1.807) is 0 Å². The van der Waals surface area contributed by atoms with E-state index in [1.807, 2.05) is 30.3 Å². The molecule has 0 bridgehead atoms. The lowest BCUT2D eigenvalue weighted by atomic mass is 10.1. The Kier molecular flexibility index (Phi) is 3.37. The van der Waals surface area contributed by atoms with Gasteiger partial charge in [0.05, 0.1) is 0 Å². The van der Waals surface area contributed by atoms with Crippen molar-refractivity contribution in [2.75, 3.05) is 0 Å². The highest BCUT2D eigenvalue weighted by Gasteiger charge is 2.30. The molecule has 0 unspecified atom stereocenters. The van der Waals surface area contributed by atoms with Gasteiger partial charge in [0, 0.05) is 17.5 Å². The smallest absolute Gasteiger partial charge is 0.404 e. The normalized spacial score (nSPS) is 21.8. The molecule has 2 N–H and O–H groups in total. The number of nitrogens with zero attached hydrogens (tertiary/aromatic N) is 2. The second-order valence-electron chi connectivity index (χ2n) is 4.98. The molecule has 1 fully saturated rings. The number of carboxylic acid groups (broad SMARTS) is 1. The van der Waals surface area contributed by atoms with Crippen LogP contribution in [0.15, 0.2) is 34.9 Å². The van der Waals surface area contributed by atoms with Gasteiger partial charge in [-0.1, -0.05) is 35.5 Å². The van der Waals surface area contributed by atoms with E-state index in [0.29, 0.717) is 18.1 Å². The predicted molar refractivity (Wildman–Crippen MR) is 71.3 cm³/mol. The highest BCUT2D eigenvalue weighted by molar-refractivity contribution is 5.64. The number of carbonyl (C=O) groups is 1. The van der Waals surface area contributed by atoms with Gasteiger partial charge in [-0.15, -0.1) is 0 Å². The molecule has 1 heterocycles. The lowest BCUT2D eigenvalue weighted by Gasteiger charge is -2.08. The molecule has 2 aromatic rings. The van der Waals surface area contributed by atoms with Crippen molar-refractivity contribution in [3.63, 3.8) is 0 Å². The molecule has 0 radical (unpaired) electrons. The summed E-state index contributed by atoms with van der Waals surface area (Å²) in [5.74, 6) is 1.31. The zero-order valence-electron chi connectivity index (χ0n) is 10.8. The monoisotopic (exact) mass is 273 g/mol. The first-order valence-electron chi connectivity index (χ1n) is 6.61. The fourth-order valence-corrected chi connectivity index (χ4v) is 2.62. The summed E-state index contributed by atoms with van der Waals surface area (Å²) < 4.78 is 5.32. The number of rotatable bonds is 3. The van der Waals surface area contributed by atoms with Crippen LogP contribution in [0.4, 0.5) is 4.79 Å². The Bertz CT molecular complexity index is 597. The van der Waals surface area contributed by atoms with Crippen LogP contribution in [-0.2, 0) is 0 Å². The van der Waals surface area contributed by atoms with Crippen molar-refractivity contribution >= 4 is 6.09 Å². The van der Waals surface area contributed by atoms with Crippen molar-refractivity contribution < 1.29 is 14.4 Å². The Morgan fingerprint density at radius 3 is 2.85 bits per heavy atom. The van der Waals surface area contributed by atoms with Crippen LogP contribution >= 0.6 is 0 Å². The van der Waals surface area contributed by atoms with Gasteiger partial charge in [-0.3, -0.25) is 0 Å². The summed E-state index contributed by atoms with van der Waals surface area (Å²) in [5.41, 5.74) is 0.917. The number of benzene rings is 1. The van der Waals surface area contributed by atoms with Crippen molar-refractivity contribution in [3.05, 3.63) is 36.2 Å². The highest BCUT2D eigenvalue weighted by Crippen LogP contribution is 2.34. The van der Waals surface area contributed by atoms with Crippen molar-refractivity contribution in [1.29, 1.82) is 0 Å². The maximum Gasteiger partial charge on any atom is 0.404 e. The van der Waals surface area contributed by atoms with Crippen molar-refractivity contribution in [2.24, 2.45) is 0 Å². The van der Waals surface area contributed by atoms with Crippen LogP contribution in [0.25, 0.3) is 11.4 Å². The average molecular weight is 273 g/mol. The maximum absolute atomic E-state index is 10.6. The van der Waals surface area contributed by atoms with E-state index in [1.165, 1.54) is 0 Å². The number of aromatic nitrogens is 2. The molecule has 2 atom stereocenters. The zero-order chi connectivity index (χ0) is 13.9. The van der Waals surface area contributed by atoms with Gasteiger partial charge in [0.1, 0.15) is 0 Å². The molecule has 3 rings (SSSR count).